The van der Waals surface area contributed by atoms with Gasteiger partial charge in [-0.25, -0.2) is 29.1 Å². The molecule has 0 unspecified atom stereocenters. The van der Waals surface area contributed by atoms with Crippen LogP contribution in [0.2, 0.25) is 0 Å². The number of carbonyl (C=O) groups excluding carboxylic acids is 8. The molecule has 0 aliphatic carbocycles. The fourth-order valence-electron chi connectivity index (χ4n) is 4.78. The fraction of sp³-hybridized carbons (Fsp3) is 0. The van der Waals surface area contributed by atoms with E-state index >= 15 is 0 Å². The molecule has 6 aromatic rings. The molecule has 0 aliphatic heterocycles. The van der Waals surface area contributed by atoms with E-state index in [0.29, 0.717) is 22.7 Å². The highest BCUT2D eigenvalue weighted by Gasteiger charge is 2.18. The van der Waals surface area contributed by atoms with Crippen LogP contribution in [0.4, 0.5) is 41.9 Å². The number of para-hydroxylation sites is 4. The van der Waals surface area contributed by atoms with E-state index in [-0.39, 0.29) is 22.8 Å². The van der Waals surface area contributed by atoms with Crippen molar-refractivity contribution in [3.05, 3.63) is 181 Å². The number of amides is 12. The van der Waals surface area contributed by atoms with E-state index in [1.54, 1.807) is 121 Å². The molecule has 0 saturated carbocycles. The lowest BCUT2D eigenvalue weighted by atomic mass is 10.2. The summed E-state index contributed by atoms with van der Waals surface area (Å²) in [6, 6.07) is 39.5. The van der Waals surface area contributed by atoms with Crippen molar-refractivity contribution in [3.8, 4) is 0 Å². The molecule has 18 nitrogen and oxygen atoms in total. The molecular weight excluding hydrogens is 773 g/mol. The Balaban J connectivity index is 0.000000228. The zero-order valence-electron chi connectivity index (χ0n) is 31.2. The molecule has 6 rings (SSSR count). The van der Waals surface area contributed by atoms with Crippen LogP contribution < -0.4 is 42.5 Å². The summed E-state index contributed by atoms with van der Waals surface area (Å²) in [7, 11) is 0. The number of benzene rings is 4. The van der Waals surface area contributed by atoms with Crippen LogP contribution in [-0.2, 0) is 0 Å². The number of rotatable bonds is 8. The Morgan fingerprint density at radius 3 is 0.667 bits per heavy atom. The third-order valence-corrected chi connectivity index (χ3v) is 7.46. The summed E-state index contributed by atoms with van der Waals surface area (Å²) in [6.45, 7) is 0. The molecule has 2 heterocycles. The second-order valence-corrected chi connectivity index (χ2v) is 11.9. The summed E-state index contributed by atoms with van der Waals surface area (Å²) >= 11 is 0. The Morgan fingerprint density at radius 1 is 0.267 bits per heavy atom. The minimum absolute atomic E-state index is 0.158. The molecule has 4 aromatic carbocycles. The maximum Gasteiger partial charge on any atom is 0.326 e. The molecule has 0 saturated heterocycles. The molecule has 2 aromatic heterocycles. The van der Waals surface area contributed by atoms with Crippen LogP contribution in [0.5, 0.6) is 0 Å². The van der Waals surface area contributed by atoms with Gasteiger partial charge < -0.3 is 21.3 Å². The quantitative estimate of drug-likeness (QED) is 0.0888. The van der Waals surface area contributed by atoms with Gasteiger partial charge in [-0.2, -0.15) is 0 Å². The summed E-state index contributed by atoms with van der Waals surface area (Å²) in [5.41, 5.74) is 1.40. The van der Waals surface area contributed by atoms with Crippen molar-refractivity contribution in [2.24, 2.45) is 0 Å². The highest BCUT2D eigenvalue weighted by Crippen LogP contribution is 2.09. The Morgan fingerprint density at radius 2 is 0.467 bits per heavy atom. The highest BCUT2D eigenvalue weighted by molar-refractivity contribution is 6.11. The molecule has 0 bridgehead atoms. The highest BCUT2D eigenvalue weighted by atomic mass is 16.2. The van der Waals surface area contributed by atoms with Crippen LogP contribution in [0.3, 0.4) is 0 Å². The number of nitrogens with zero attached hydrogens (tertiary/aromatic N) is 2. The molecule has 0 spiro atoms. The van der Waals surface area contributed by atoms with Crippen LogP contribution in [0.15, 0.2) is 158 Å². The van der Waals surface area contributed by atoms with Crippen LogP contribution in [0, 0.1) is 0 Å². The molecule has 60 heavy (non-hydrogen) atoms. The zero-order valence-corrected chi connectivity index (χ0v) is 31.2. The minimum atomic E-state index is -0.799. The van der Waals surface area contributed by atoms with Gasteiger partial charge >= 0.3 is 24.1 Å². The Kier molecular flexibility index (Phi) is 14.9. The Hall–Kier alpha value is -9.06. The molecule has 0 radical (unpaired) electrons. The van der Waals surface area contributed by atoms with Crippen LogP contribution in [0.25, 0.3) is 0 Å². The van der Waals surface area contributed by atoms with Gasteiger partial charge in [0.2, 0.25) is 0 Å². The van der Waals surface area contributed by atoms with E-state index in [2.05, 4.69) is 52.5 Å². The number of imide groups is 4. The Bertz CT molecular complexity index is 2150. The van der Waals surface area contributed by atoms with E-state index < -0.39 is 47.8 Å². The lowest BCUT2D eigenvalue weighted by molar-refractivity contribution is 0.0940. The summed E-state index contributed by atoms with van der Waals surface area (Å²) in [5, 5.41) is 18.5. The normalized spacial score (nSPS) is 9.87. The topological polar surface area (TPSA) is 259 Å². The van der Waals surface area contributed by atoms with Crippen LogP contribution in [0.1, 0.15) is 42.0 Å². The molecule has 18 heteroatoms. The predicted molar refractivity (Wildman–Crippen MR) is 220 cm³/mol. The number of anilines is 4. The molecule has 0 fully saturated rings. The van der Waals surface area contributed by atoms with Gasteiger partial charge in [-0.3, -0.25) is 40.4 Å². The third-order valence-electron chi connectivity index (χ3n) is 7.46. The van der Waals surface area contributed by atoms with Gasteiger partial charge in [-0.1, -0.05) is 84.9 Å². The summed E-state index contributed by atoms with van der Waals surface area (Å²) in [6.07, 6.45) is 0. The number of nitrogens with one attached hydrogen (secondary N) is 8. The van der Waals surface area contributed by atoms with Gasteiger partial charge in [0.15, 0.2) is 0 Å². The number of pyridine rings is 2. The van der Waals surface area contributed by atoms with Crippen molar-refractivity contribution in [3.63, 3.8) is 0 Å². The predicted octanol–water partition coefficient (Wildman–Crippen LogP) is 6.01. The van der Waals surface area contributed by atoms with E-state index in [1.165, 1.54) is 36.4 Å². The van der Waals surface area contributed by atoms with Crippen LogP contribution in [-0.4, -0.2) is 57.7 Å². The van der Waals surface area contributed by atoms with Crippen molar-refractivity contribution < 1.29 is 38.4 Å². The van der Waals surface area contributed by atoms with Crippen molar-refractivity contribution in [1.29, 1.82) is 0 Å². The van der Waals surface area contributed by atoms with Gasteiger partial charge in [0, 0.05) is 22.7 Å². The number of aromatic nitrogens is 2. The second-order valence-electron chi connectivity index (χ2n) is 11.9. The molecule has 300 valence electrons. The zero-order chi connectivity index (χ0) is 42.7. The van der Waals surface area contributed by atoms with Gasteiger partial charge in [0.1, 0.15) is 22.8 Å². The first-order chi connectivity index (χ1) is 29.0. The van der Waals surface area contributed by atoms with E-state index in [4.69, 9.17) is 0 Å². The fourth-order valence-corrected chi connectivity index (χ4v) is 4.78. The monoisotopic (exact) mass is 806 g/mol. The molecule has 12 amide bonds. The number of hydrogen-bond donors (Lipinski definition) is 8. The van der Waals surface area contributed by atoms with Crippen molar-refractivity contribution in [2.75, 3.05) is 21.3 Å². The lowest BCUT2D eigenvalue weighted by Crippen LogP contribution is -2.36. The molecule has 8 N–H and O–H groups in total. The minimum Gasteiger partial charge on any atom is -0.308 e. The maximum absolute atomic E-state index is 12.2. The first-order valence-electron chi connectivity index (χ1n) is 17.7. The standard InChI is InChI=1S/2C21H17N5O4/c2*27-18(25-20(29)22-14-8-3-1-4-9-14)16-12-7-13-17(24-16)19(28)26-21(30)23-15-10-5-2-6-11-15/h2*1-13H,(H2,22,25,27,29)(H2,23,26,28,30). The van der Waals surface area contributed by atoms with Gasteiger partial charge in [-0.05, 0) is 72.8 Å². The summed E-state index contributed by atoms with van der Waals surface area (Å²) < 4.78 is 0. The van der Waals surface area contributed by atoms with E-state index in [0.717, 1.165) is 0 Å². The first kappa shape index (κ1) is 42.1. The van der Waals surface area contributed by atoms with Gasteiger partial charge in [-0.15, -0.1) is 0 Å². The molecular formula is C42H34N10O8. The van der Waals surface area contributed by atoms with E-state index in [9.17, 15) is 38.4 Å². The summed E-state index contributed by atoms with van der Waals surface area (Å²) in [4.78, 5) is 104. The second kappa shape index (κ2) is 21.3. The SMILES string of the molecule is O=C(NC(=O)c1cccc(C(=O)NC(=O)Nc2ccccc2)n1)Nc1ccccc1.O=C(NC(=O)c1cccc(C(=O)NC(=O)Nc2ccccc2)n1)Nc1ccccc1. The van der Waals surface area contributed by atoms with E-state index in [1.807, 2.05) is 0 Å². The first-order valence-corrected chi connectivity index (χ1v) is 17.7. The van der Waals surface area contributed by atoms with Crippen LogP contribution >= 0.6 is 0 Å². The summed E-state index contributed by atoms with van der Waals surface area (Å²) in [5.74, 6) is -3.20. The molecule has 0 aliphatic rings. The average molecular weight is 807 g/mol. The smallest absolute Gasteiger partial charge is 0.308 e. The number of hydrogen-bond acceptors (Lipinski definition) is 10. The lowest BCUT2D eigenvalue weighted by Gasteiger charge is -2.08. The van der Waals surface area contributed by atoms with Gasteiger partial charge in [0.25, 0.3) is 23.6 Å². The van der Waals surface area contributed by atoms with Gasteiger partial charge in [0.05, 0.1) is 0 Å². The third kappa shape index (κ3) is 13.6. The average Bonchev–Trinajstić information content (AvgIpc) is 3.25. The largest absolute Gasteiger partial charge is 0.326 e. The molecule has 0 atom stereocenters. The number of carbonyl (C=O) groups is 8. The van der Waals surface area contributed by atoms with Crippen molar-refractivity contribution in [1.82, 2.24) is 31.2 Å². The Labute approximate surface area is 341 Å². The van der Waals surface area contributed by atoms with Crippen molar-refractivity contribution in [2.45, 2.75) is 0 Å². The van der Waals surface area contributed by atoms with Crippen molar-refractivity contribution >= 4 is 70.5 Å². The maximum atomic E-state index is 12.2. The number of urea groups is 4.